The third-order valence-electron chi connectivity index (χ3n) is 6.28. The summed E-state index contributed by atoms with van der Waals surface area (Å²) < 4.78 is 27.9. The molecule has 1 N–H and O–H groups in total. The highest BCUT2D eigenvalue weighted by atomic mass is 35.5. The summed E-state index contributed by atoms with van der Waals surface area (Å²) in [5.74, 6) is -0.115. The van der Waals surface area contributed by atoms with Gasteiger partial charge in [-0.2, -0.15) is 0 Å². The van der Waals surface area contributed by atoms with Crippen LogP contribution in [0.5, 0.6) is 0 Å². The molecule has 178 valence electrons. The number of hydrogen-bond donors (Lipinski definition) is 1. The zero-order valence-corrected chi connectivity index (χ0v) is 21.1. The van der Waals surface area contributed by atoms with Gasteiger partial charge in [0.25, 0.3) is 15.9 Å². The molecule has 0 bridgehead atoms. The summed E-state index contributed by atoms with van der Waals surface area (Å²) in [4.78, 5) is 17.3. The first-order valence-electron chi connectivity index (χ1n) is 11.2. The van der Waals surface area contributed by atoms with Crippen LogP contribution in [-0.2, 0) is 10.0 Å². The maximum atomic E-state index is 13.1. The monoisotopic (exact) mass is 497 g/mol. The lowest BCUT2D eigenvalue weighted by molar-refractivity contribution is 0.0747. The summed E-state index contributed by atoms with van der Waals surface area (Å²) in [6.45, 7) is 8.82. The molecule has 3 aromatic rings. The van der Waals surface area contributed by atoms with Gasteiger partial charge in [-0.25, -0.2) is 8.42 Å². The minimum atomic E-state index is -3.78. The van der Waals surface area contributed by atoms with E-state index >= 15 is 0 Å². The third-order valence-corrected chi connectivity index (χ3v) is 7.97. The number of carbonyl (C=O) groups excluding carboxylic acids is 1. The highest BCUT2D eigenvalue weighted by Crippen LogP contribution is 2.28. The lowest BCUT2D eigenvalue weighted by Crippen LogP contribution is -2.49. The summed E-state index contributed by atoms with van der Waals surface area (Å²) >= 11 is 6.36. The molecule has 1 amide bonds. The first kappa shape index (κ1) is 24.1. The van der Waals surface area contributed by atoms with Crippen molar-refractivity contribution in [3.63, 3.8) is 0 Å². The van der Waals surface area contributed by atoms with E-state index in [0.717, 1.165) is 18.7 Å². The molecule has 3 aromatic carbocycles. The number of piperazine rings is 1. The quantitative estimate of drug-likeness (QED) is 0.537. The fourth-order valence-electron chi connectivity index (χ4n) is 4.06. The Balaban J connectivity index is 1.43. The maximum absolute atomic E-state index is 13.1. The number of sulfonamides is 1. The van der Waals surface area contributed by atoms with Crippen molar-refractivity contribution >= 4 is 38.9 Å². The van der Waals surface area contributed by atoms with Crippen molar-refractivity contribution in [2.75, 3.05) is 35.8 Å². The predicted molar refractivity (Wildman–Crippen MR) is 137 cm³/mol. The average molecular weight is 498 g/mol. The van der Waals surface area contributed by atoms with Crippen molar-refractivity contribution in [2.45, 2.75) is 25.7 Å². The molecule has 0 aliphatic carbocycles. The fourth-order valence-corrected chi connectivity index (χ4v) is 5.43. The van der Waals surface area contributed by atoms with Gasteiger partial charge in [-0.05, 0) is 68.3 Å². The Morgan fingerprint density at radius 1 is 0.912 bits per heavy atom. The van der Waals surface area contributed by atoms with Crippen molar-refractivity contribution in [3.05, 3.63) is 87.9 Å². The van der Waals surface area contributed by atoms with Crippen LogP contribution in [0.2, 0.25) is 5.02 Å². The minimum absolute atomic E-state index is 0.115. The molecular weight excluding hydrogens is 470 g/mol. The van der Waals surface area contributed by atoms with E-state index in [9.17, 15) is 13.2 Å². The topological polar surface area (TPSA) is 69.7 Å². The van der Waals surface area contributed by atoms with Crippen LogP contribution < -0.4 is 9.62 Å². The number of anilines is 2. The van der Waals surface area contributed by atoms with Gasteiger partial charge in [0.1, 0.15) is 0 Å². The van der Waals surface area contributed by atoms with Crippen molar-refractivity contribution < 1.29 is 13.2 Å². The first-order valence-corrected chi connectivity index (χ1v) is 13.0. The van der Waals surface area contributed by atoms with Crippen LogP contribution in [0.1, 0.15) is 27.0 Å². The lowest BCUT2D eigenvalue weighted by atomic mass is 10.1. The molecule has 34 heavy (non-hydrogen) atoms. The lowest BCUT2D eigenvalue weighted by Gasteiger charge is -2.37. The van der Waals surface area contributed by atoms with E-state index in [2.05, 4.69) is 41.7 Å². The molecule has 6 nitrogen and oxygen atoms in total. The Kier molecular flexibility index (Phi) is 6.86. The van der Waals surface area contributed by atoms with E-state index in [4.69, 9.17) is 11.6 Å². The molecule has 1 aliphatic rings. The molecule has 0 aromatic heterocycles. The molecule has 0 atom stereocenters. The summed E-state index contributed by atoms with van der Waals surface area (Å²) in [5, 5.41) is 0.176. The number of hydrogen-bond acceptors (Lipinski definition) is 4. The van der Waals surface area contributed by atoms with E-state index in [1.165, 1.54) is 28.9 Å². The van der Waals surface area contributed by atoms with Gasteiger partial charge < -0.3 is 9.80 Å². The summed E-state index contributed by atoms with van der Waals surface area (Å²) in [7, 11) is -3.78. The Morgan fingerprint density at radius 2 is 1.59 bits per heavy atom. The van der Waals surface area contributed by atoms with Gasteiger partial charge in [0.2, 0.25) is 0 Å². The highest BCUT2D eigenvalue weighted by molar-refractivity contribution is 7.92. The number of nitrogens with zero attached hydrogens (tertiary/aromatic N) is 2. The van der Waals surface area contributed by atoms with Crippen LogP contribution in [-0.4, -0.2) is 45.4 Å². The molecule has 1 aliphatic heterocycles. The number of halogens is 1. The Hall–Kier alpha value is -3.03. The van der Waals surface area contributed by atoms with Crippen molar-refractivity contribution in [2.24, 2.45) is 0 Å². The SMILES string of the molecule is Cc1ccc(S(=O)(=O)Nc2ccc(C(=O)N3CCN(c4cccc(C)c4C)CC3)cc2Cl)cc1. The largest absolute Gasteiger partial charge is 0.368 e. The molecule has 0 radical (unpaired) electrons. The number of benzene rings is 3. The van der Waals surface area contributed by atoms with Crippen molar-refractivity contribution in [1.29, 1.82) is 0 Å². The summed E-state index contributed by atoms with van der Waals surface area (Å²) in [5.41, 5.74) is 5.36. The van der Waals surface area contributed by atoms with Crippen LogP contribution in [0.4, 0.5) is 11.4 Å². The van der Waals surface area contributed by atoms with E-state index in [1.54, 1.807) is 30.3 Å². The Morgan fingerprint density at radius 3 is 2.24 bits per heavy atom. The van der Waals surface area contributed by atoms with Gasteiger partial charge >= 0.3 is 0 Å². The van der Waals surface area contributed by atoms with Gasteiger partial charge in [-0.1, -0.05) is 41.4 Å². The molecule has 0 saturated carbocycles. The normalized spacial score (nSPS) is 14.2. The molecule has 4 rings (SSSR count). The second kappa shape index (κ2) is 9.68. The number of rotatable bonds is 5. The van der Waals surface area contributed by atoms with Crippen LogP contribution in [0, 0.1) is 20.8 Å². The van der Waals surface area contributed by atoms with Crippen molar-refractivity contribution in [1.82, 2.24) is 4.90 Å². The predicted octanol–water partition coefficient (Wildman–Crippen LogP) is 5.03. The molecule has 1 saturated heterocycles. The van der Waals surface area contributed by atoms with Gasteiger partial charge in [0.05, 0.1) is 15.6 Å². The van der Waals surface area contributed by atoms with E-state index in [-0.39, 0.29) is 21.5 Å². The second-order valence-electron chi connectivity index (χ2n) is 8.61. The fraction of sp³-hybridized carbons (Fsp3) is 0.269. The molecular formula is C26H28ClN3O3S. The summed E-state index contributed by atoms with van der Waals surface area (Å²) in [6, 6.07) is 17.5. The van der Waals surface area contributed by atoms with Crippen LogP contribution >= 0.6 is 11.6 Å². The van der Waals surface area contributed by atoms with Crippen LogP contribution in [0.25, 0.3) is 0 Å². The van der Waals surface area contributed by atoms with E-state index in [1.807, 2.05) is 11.8 Å². The third kappa shape index (κ3) is 5.05. The van der Waals surface area contributed by atoms with Gasteiger partial charge in [0, 0.05) is 37.4 Å². The second-order valence-corrected chi connectivity index (χ2v) is 10.7. The zero-order valence-electron chi connectivity index (χ0n) is 19.5. The maximum Gasteiger partial charge on any atom is 0.261 e. The van der Waals surface area contributed by atoms with Crippen molar-refractivity contribution in [3.8, 4) is 0 Å². The van der Waals surface area contributed by atoms with Gasteiger partial charge in [0.15, 0.2) is 0 Å². The van der Waals surface area contributed by atoms with E-state index < -0.39 is 10.0 Å². The zero-order chi connectivity index (χ0) is 24.5. The van der Waals surface area contributed by atoms with Gasteiger partial charge in [-0.3, -0.25) is 9.52 Å². The number of carbonyl (C=O) groups is 1. The number of aryl methyl sites for hydroxylation is 2. The molecule has 0 unspecified atom stereocenters. The first-order chi connectivity index (χ1) is 16.2. The highest BCUT2D eigenvalue weighted by Gasteiger charge is 2.24. The van der Waals surface area contributed by atoms with Crippen LogP contribution in [0.3, 0.4) is 0 Å². The van der Waals surface area contributed by atoms with Gasteiger partial charge in [-0.15, -0.1) is 0 Å². The molecule has 1 fully saturated rings. The number of amides is 1. The molecule has 8 heteroatoms. The summed E-state index contributed by atoms with van der Waals surface area (Å²) in [6.07, 6.45) is 0. The minimum Gasteiger partial charge on any atom is -0.368 e. The van der Waals surface area contributed by atoms with Crippen LogP contribution in [0.15, 0.2) is 65.6 Å². The molecule has 0 spiro atoms. The molecule has 1 heterocycles. The smallest absolute Gasteiger partial charge is 0.261 e. The van der Waals surface area contributed by atoms with E-state index in [0.29, 0.717) is 18.7 Å². The average Bonchev–Trinajstić information content (AvgIpc) is 2.82. The Bertz CT molecular complexity index is 1320. The standard InChI is InChI=1S/C26H28ClN3O3S/c1-18-7-10-22(11-8-18)34(32,33)28-24-12-9-21(17-23(24)27)26(31)30-15-13-29(14-16-30)25-6-4-5-19(2)20(25)3/h4-12,17,28H,13-16H2,1-3H3. The number of nitrogens with one attached hydrogen (secondary N) is 1. The Labute approximate surface area is 206 Å².